The van der Waals surface area contributed by atoms with Crippen molar-refractivity contribution in [2.45, 2.75) is 57.9 Å². The molecule has 52 heavy (non-hydrogen) atoms. The van der Waals surface area contributed by atoms with Crippen LogP contribution in [0.5, 0.6) is 11.5 Å². The van der Waals surface area contributed by atoms with Gasteiger partial charge in [-0.3, -0.25) is 0 Å². The predicted molar refractivity (Wildman–Crippen MR) is 207 cm³/mol. The molecule has 0 fully saturated rings. The van der Waals surface area contributed by atoms with Gasteiger partial charge in [0.1, 0.15) is 0 Å². The molecule has 8 aromatic rings. The van der Waals surface area contributed by atoms with Crippen LogP contribution in [0.3, 0.4) is 0 Å². The average molecular weight is 860 g/mol. The summed E-state index contributed by atoms with van der Waals surface area (Å²) in [6.45, 7) is 9.04. The predicted octanol–water partition coefficient (Wildman–Crippen LogP) is 11.4. The van der Waals surface area contributed by atoms with E-state index < -0.39 is 0 Å². The summed E-state index contributed by atoms with van der Waals surface area (Å²) in [5, 5.41) is 2.26. The molecule has 9 rings (SSSR count). The number of pyridine rings is 1. The van der Waals surface area contributed by atoms with Crippen LogP contribution in [-0.2, 0) is 31.8 Å². The monoisotopic (exact) mass is 859 g/mol. The summed E-state index contributed by atoms with van der Waals surface area (Å²) in [6.07, 6.45) is 4.09. The third-order valence-corrected chi connectivity index (χ3v) is 12.1. The first-order valence-corrected chi connectivity index (χ1v) is 19.2. The topological polar surface area (TPSA) is 36.9 Å². The fraction of sp³-hybridized carbons (Fsp3) is 0.217. The number of nitrogens with zero attached hydrogens (tertiary/aromatic N) is 4. The summed E-state index contributed by atoms with van der Waals surface area (Å²) >= 11 is 2.47. The Balaban J connectivity index is 1.17. The summed E-state index contributed by atoms with van der Waals surface area (Å²) in [5.74, 6) is 2.68. The molecule has 0 N–H and O–H groups in total. The fourth-order valence-corrected chi connectivity index (χ4v) is 8.88. The Morgan fingerprint density at radius 3 is 2.31 bits per heavy atom. The van der Waals surface area contributed by atoms with Crippen LogP contribution in [0, 0.1) is 15.9 Å². The molecule has 2 unspecified atom stereocenters. The number of benzene rings is 5. The Morgan fingerprint density at radius 2 is 1.50 bits per heavy atom. The number of ether oxygens (including phenoxy) is 1. The molecule has 5 aromatic carbocycles. The standard InChI is InChI=1S/C46H40N4O.Pt/c1-30-15-21-40(49-29-48(5)42-13-9-10-14-43(42)49)39-27-34(17-19-36(30)39)51-35-18-20-37-38-25-32(31-11-7-6-8-12-31)16-22-41(38)50(44(37)28-35)45-26-33(23-24-47-45)46(2,3)4;/h6-14,16-20,22-26,30,40H,15,21H2,1-5H3;/q-2;. The molecule has 0 bridgehead atoms. The zero-order valence-corrected chi connectivity index (χ0v) is 32.3. The molecule has 0 aliphatic heterocycles. The van der Waals surface area contributed by atoms with Crippen molar-refractivity contribution in [3.8, 4) is 28.4 Å². The first-order chi connectivity index (χ1) is 25.2. The number of hydrogen-bond donors (Lipinski definition) is 0. The van der Waals surface area contributed by atoms with E-state index >= 15 is 0 Å². The van der Waals surface area contributed by atoms with Crippen molar-refractivity contribution in [3.05, 3.63) is 148 Å². The van der Waals surface area contributed by atoms with Gasteiger partial charge < -0.3 is 0 Å². The van der Waals surface area contributed by atoms with Crippen LogP contribution in [0.4, 0.5) is 0 Å². The molecule has 1 aliphatic carbocycles. The molecular formula is C46H40N4OPt-2. The normalized spacial score (nSPS) is 16.1. The van der Waals surface area contributed by atoms with Crippen LogP contribution in [0.1, 0.15) is 69.2 Å². The molecule has 1 aliphatic rings. The molecule has 3 heterocycles. The second-order valence-corrected chi connectivity index (χ2v) is 16.1. The van der Waals surface area contributed by atoms with Gasteiger partial charge in [-0.2, -0.15) is 0 Å². The molecule has 2 atom stereocenters. The number of hydrogen-bond acceptors (Lipinski definition) is 2. The van der Waals surface area contributed by atoms with Gasteiger partial charge in [0.2, 0.25) is 0 Å². The Labute approximate surface area is 315 Å². The SMILES string of the molecule is CC1CCC(n2[c](=[Pt])n(C)c3ccccc32)c2[c-]c(Oc3[c-]c4c(cc3)c3cc(-c5ccccc5)ccc3n4-c3cc(C(C)(C)C)ccn3)ccc21. The van der Waals surface area contributed by atoms with Gasteiger partial charge in [0.15, 0.2) is 0 Å². The Bertz CT molecular complexity index is 2710. The first kappa shape index (κ1) is 32.9. The van der Waals surface area contributed by atoms with Crippen molar-refractivity contribution in [1.82, 2.24) is 18.7 Å². The summed E-state index contributed by atoms with van der Waals surface area (Å²) in [6, 6.07) is 46.4. The molecule has 0 spiro atoms. The third kappa shape index (κ3) is 5.49. The van der Waals surface area contributed by atoms with Crippen molar-refractivity contribution >= 4 is 32.8 Å². The van der Waals surface area contributed by atoms with E-state index in [9.17, 15) is 0 Å². The Hall–Kier alpha value is -4.99. The second-order valence-electron chi connectivity index (χ2n) is 15.1. The van der Waals surface area contributed by atoms with Crippen molar-refractivity contribution in [3.63, 3.8) is 0 Å². The van der Waals surface area contributed by atoms with Gasteiger partial charge in [0, 0.05) is 6.20 Å². The van der Waals surface area contributed by atoms with Crippen LogP contribution in [0.15, 0.2) is 115 Å². The summed E-state index contributed by atoms with van der Waals surface area (Å²) in [7, 11) is 2.15. The van der Waals surface area contributed by atoms with Crippen LogP contribution < -0.4 is 4.74 Å². The van der Waals surface area contributed by atoms with Crippen molar-refractivity contribution in [2.24, 2.45) is 7.05 Å². The fourth-order valence-electron chi connectivity index (χ4n) is 7.97. The molecule has 262 valence electrons. The quantitative estimate of drug-likeness (QED) is 0.162. The summed E-state index contributed by atoms with van der Waals surface area (Å²) in [5.41, 5.74) is 10.6. The molecule has 5 nitrogen and oxygen atoms in total. The average Bonchev–Trinajstić information content (AvgIpc) is 3.61. The molecule has 6 heteroatoms. The Morgan fingerprint density at radius 1 is 0.750 bits per heavy atom. The zero-order chi connectivity index (χ0) is 35.7. The van der Waals surface area contributed by atoms with Gasteiger partial charge in [-0.25, -0.2) is 4.98 Å². The van der Waals surface area contributed by atoms with Crippen molar-refractivity contribution in [2.75, 3.05) is 0 Å². The van der Waals surface area contributed by atoms with E-state index in [1.165, 1.54) is 42.7 Å². The van der Waals surface area contributed by atoms with Crippen LogP contribution >= 0.6 is 0 Å². The molecule has 0 saturated heterocycles. The number of fused-ring (bicyclic) bond motifs is 5. The number of aryl methyl sites for hydroxylation is 1. The minimum atomic E-state index is -0.0189. The maximum absolute atomic E-state index is 6.69. The second kappa shape index (κ2) is 12.6. The number of para-hydroxylation sites is 2. The van der Waals surface area contributed by atoms with E-state index in [1.54, 1.807) is 0 Å². The van der Waals surface area contributed by atoms with E-state index in [0.29, 0.717) is 17.4 Å². The van der Waals surface area contributed by atoms with Crippen LogP contribution in [-0.4, -0.2) is 18.7 Å². The summed E-state index contributed by atoms with van der Waals surface area (Å²) < 4.78 is 14.9. The van der Waals surface area contributed by atoms with Gasteiger partial charge in [0.25, 0.3) is 0 Å². The molecular weight excluding hydrogens is 820 g/mol. The molecule has 3 aromatic heterocycles. The van der Waals surface area contributed by atoms with Crippen molar-refractivity contribution in [1.29, 1.82) is 0 Å². The molecule has 0 amide bonds. The minimum absolute atomic E-state index is 0.0189. The van der Waals surface area contributed by atoms with E-state index in [4.69, 9.17) is 9.72 Å². The van der Waals surface area contributed by atoms with Crippen LogP contribution in [0.25, 0.3) is 49.8 Å². The Kier molecular flexibility index (Phi) is 7.97. The molecule has 0 saturated carbocycles. The zero-order valence-electron chi connectivity index (χ0n) is 30.1. The van der Waals surface area contributed by atoms with E-state index in [0.717, 1.165) is 40.5 Å². The van der Waals surface area contributed by atoms with E-state index in [2.05, 4.69) is 183 Å². The third-order valence-electron chi connectivity index (χ3n) is 10.8. The van der Waals surface area contributed by atoms with E-state index in [1.807, 2.05) is 12.3 Å². The number of aromatic nitrogens is 4. The van der Waals surface area contributed by atoms with Gasteiger partial charge in [-0.05, 0) is 40.3 Å². The maximum atomic E-state index is 6.69. The van der Waals surface area contributed by atoms with Crippen LogP contribution in [0.2, 0.25) is 0 Å². The van der Waals surface area contributed by atoms with Gasteiger partial charge in [0.05, 0.1) is 0 Å². The number of rotatable bonds is 5. The van der Waals surface area contributed by atoms with Gasteiger partial charge in [-0.15, -0.1) is 0 Å². The van der Waals surface area contributed by atoms with Crippen molar-refractivity contribution < 1.29 is 24.1 Å². The van der Waals surface area contributed by atoms with Gasteiger partial charge in [-0.1, -0.05) is 63.2 Å². The number of imidazole rings is 1. The first-order valence-electron chi connectivity index (χ1n) is 18.0. The molecule has 0 radical (unpaired) electrons. The van der Waals surface area contributed by atoms with Gasteiger partial charge >= 0.3 is 202 Å². The van der Waals surface area contributed by atoms with E-state index in [-0.39, 0.29) is 11.5 Å². The summed E-state index contributed by atoms with van der Waals surface area (Å²) in [4.78, 5) is 4.90.